The second-order valence-electron chi connectivity index (χ2n) is 12.4. The minimum Gasteiger partial charge on any atom is -0.369 e. The number of nitrogens with two attached hydrogens (primary N) is 1. The maximum absolute atomic E-state index is 16.4. The lowest BCUT2D eigenvalue weighted by atomic mass is 9.67. The van der Waals surface area contributed by atoms with Crippen molar-refractivity contribution in [3.05, 3.63) is 47.5 Å². The molecule has 5 rings (SSSR count). The van der Waals surface area contributed by atoms with Gasteiger partial charge in [0.05, 0.1) is 0 Å². The Balaban J connectivity index is 1.39. The standard InChI is InChI=1S/C30H43F2N5O/c1-20(2)27-35-34-21(3)36(27)26-16-24-12-13-25(17-26)37(24)30(31,32)19-23(22-10-6-4-7-11-22)18-29(28(33)38)14-8-5-9-15-29/h4,6-7,10-11,20,23-26H,5,8-9,12-19H2,1-3H3,(H2,33,38). The molecule has 3 atom stereocenters. The Morgan fingerprint density at radius 3 is 2.26 bits per heavy atom. The molecule has 2 saturated heterocycles. The molecule has 3 unspecified atom stereocenters. The molecule has 2 bridgehead atoms. The van der Waals surface area contributed by atoms with Gasteiger partial charge in [-0.25, -0.2) is 4.90 Å². The van der Waals surface area contributed by atoms with Crippen LogP contribution in [0.3, 0.4) is 0 Å². The summed E-state index contributed by atoms with van der Waals surface area (Å²) in [6.45, 7) is 6.17. The summed E-state index contributed by atoms with van der Waals surface area (Å²) in [6.07, 6.45) is 7.39. The Labute approximate surface area is 225 Å². The predicted octanol–water partition coefficient (Wildman–Crippen LogP) is 6.47. The number of carbonyl (C=O) groups excluding carboxylic acids is 1. The molecule has 208 valence electrons. The smallest absolute Gasteiger partial charge is 0.305 e. The molecule has 3 fully saturated rings. The van der Waals surface area contributed by atoms with E-state index in [2.05, 4.69) is 28.6 Å². The minimum absolute atomic E-state index is 0.150. The van der Waals surface area contributed by atoms with E-state index < -0.39 is 17.4 Å². The summed E-state index contributed by atoms with van der Waals surface area (Å²) in [5.41, 5.74) is 6.13. The van der Waals surface area contributed by atoms with Crippen LogP contribution in [0.5, 0.6) is 0 Å². The highest BCUT2D eigenvalue weighted by Crippen LogP contribution is 2.51. The van der Waals surface area contributed by atoms with Gasteiger partial charge in [-0.15, -0.1) is 10.2 Å². The first kappa shape index (κ1) is 27.2. The quantitative estimate of drug-likeness (QED) is 0.379. The third-order valence-electron chi connectivity index (χ3n) is 9.59. The first-order valence-corrected chi connectivity index (χ1v) is 14.5. The van der Waals surface area contributed by atoms with Crippen molar-refractivity contribution in [3.8, 4) is 0 Å². The number of hydrogen-bond acceptors (Lipinski definition) is 4. The van der Waals surface area contributed by atoms with Crippen molar-refractivity contribution in [2.45, 2.75) is 127 Å². The zero-order valence-electron chi connectivity index (χ0n) is 23.1. The number of rotatable bonds is 9. The molecule has 0 spiro atoms. The number of piperidine rings is 1. The third kappa shape index (κ3) is 5.13. The van der Waals surface area contributed by atoms with E-state index in [-0.39, 0.29) is 36.4 Å². The number of amides is 1. The third-order valence-corrected chi connectivity index (χ3v) is 9.59. The fourth-order valence-corrected chi connectivity index (χ4v) is 7.81. The molecular formula is C30H43F2N5O. The number of fused-ring (bicyclic) bond motifs is 2. The number of benzene rings is 1. The van der Waals surface area contributed by atoms with E-state index in [0.717, 1.165) is 49.3 Å². The Bertz CT molecular complexity index is 1100. The monoisotopic (exact) mass is 527 g/mol. The van der Waals surface area contributed by atoms with Crippen LogP contribution in [0, 0.1) is 12.3 Å². The molecule has 2 N–H and O–H groups in total. The summed E-state index contributed by atoms with van der Waals surface area (Å²) in [5, 5.41) is 8.71. The summed E-state index contributed by atoms with van der Waals surface area (Å²) >= 11 is 0. The SMILES string of the molecule is Cc1nnc(C(C)C)n1C1CC2CCC(C1)N2C(F)(F)CC(CC1(C(N)=O)CCCCC1)c1ccccc1. The maximum Gasteiger partial charge on any atom is 0.305 e. The van der Waals surface area contributed by atoms with Crippen LogP contribution in [0.4, 0.5) is 8.78 Å². The summed E-state index contributed by atoms with van der Waals surface area (Å²) in [4.78, 5) is 14.2. The zero-order valence-corrected chi connectivity index (χ0v) is 23.1. The molecule has 1 aromatic carbocycles. The van der Waals surface area contributed by atoms with Crippen molar-refractivity contribution < 1.29 is 13.6 Å². The number of primary amides is 1. The summed E-state index contributed by atoms with van der Waals surface area (Å²) in [5.74, 6) is 1.29. The second kappa shape index (κ2) is 10.7. The van der Waals surface area contributed by atoms with Gasteiger partial charge < -0.3 is 10.3 Å². The lowest BCUT2D eigenvalue weighted by Crippen LogP contribution is -2.54. The molecule has 1 amide bonds. The van der Waals surface area contributed by atoms with Crippen LogP contribution in [-0.4, -0.2) is 43.7 Å². The molecule has 2 aliphatic heterocycles. The second-order valence-corrected chi connectivity index (χ2v) is 12.4. The van der Waals surface area contributed by atoms with Gasteiger partial charge in [0.25, 0.3) is 0 Å². The van der Waals surface area contributed by atoms with E-state index in [1.54, 1.807) is 0 Å². The van der Waals surface area contributed by atoms with Crippen molar-refractivity contribution in [2.24, 2.45) is 11.1 Å². The van der Waals surface area contributed by atoms with Crippen LogP contribution in [0.15, 0.2) is 30.3 Å². The van der Waals surface area contributed by atoms with Gasteiger partial charge in [0.1, 0.15) is 11.6 Å². The number of hydrogen-bond donors (Lipinski definition) is 1. The van der Waals surface area contributed by atoms with Gasteiger partial charge in [-0.2, -0.15) is 8.78 Å². The van der Waals surface area contributed by atoms with Crippen molar-refractivity contribution in [3.63, 3.8) is 0 Å². The average Bonchev–Trinajstić information content (AvgIpc) is 3.42. The number of aromatic nitrogens is 3. The fourth-order valence-electron chi connectivity index (χ4n) is 7.81. The van der Waals surface area contributed by atoms with Crippen LogP contribution in [0.1, 0.15) is 120 Å². The van der Waals surface area contributed by atoms with Gasteiger partial charge in [-0.05, 0) is 63.4 Å². The van der Waals surface area contributed by atoms with Crippen molar-refractivity contribution in [1.29, 1.82) is 0 Å². The van der Waals surface area contributed by atoms with E-state index in [1.165, 1.54) is 4.90 Å². The number of alkyl halides is 2. The van der Waals surface area contributed by atoms with E-state index in [4.69, 9.17) is 5.73 Å². The highest BCUT2D eigenvalue weighted by atomic mass is 19.3. The predicted molar refractivity (Wildman–Crippen MR) is 144 cm³/mol. The number of nitrogens with zero attached hydrogens (tertiary/aromatic N) is 4. The Morgan fingerprint density at radius 2 is 1.68 bits per heavy atom. The van der Waals surface area contributed by atoms with Gasteiger partial charge in [-0.3, -0.25) is 4.79 Å². The van der Waals surface area contributed by atoms with E-state index in [0.29, 0.717) is 32.1 Å². The molecule has 6 nitrogen and oxygen atoms in total. The summed E-state index contributed by atoms with van der Waals surface area (Å²) in [6, 6.07) is 6.42. The van der Waals surface area contributed by atoms with Crippen LogP contribution in [0.25, 0.3) is 0 Å². The van der Waals surface area contributed by atoms with Gasteiger partial charge in [0, 0.05) is 35.9 Å². The Hall–Kier alpha value is -2.35. The molecule has 1 aromatic heterocycles. The van der Waals surface area contributed by atoms with Gasteiger partial charge in [0.15, 0.2) is 0 Å². The van der Waals surface area contributed by atoms with E-state index in [9.17, 15) is 4.79 Å². The molecule has 0 radical (unpaired) electrons. The number of carbonyl (C=O) groups is 1. The zero-order chi connectivity index (χ0) is 27.1. The largest absolute Gasteiger partial charge is 0.369 e. The van der Waals surface area contributed by atoms with E-state index in [1.807, 2.05) is 37.3 Å². The molecule has 3 heterocycles. The molecule has 2 aromatic rings. The highest BCUT2D eigenvalue weighted by Gasteiger charge is 2.54. The van der Waals surface area contributed by atoms with Crippen LogP contribution >= 0.6 is 0 Å². The lowest BCUT2D eigenvalue weighted by Gasteiger charge is -2.45. The van der Waals surface area contributed by atoms with E-state index >= 15 is 8.78 Å². The minimum atomic E-state index is -2.96. The van der Waals surface area contributed by atoms with Gasteiger partial charge in [-0.1, -0.05) is 63.4 Å². The van der Waals surface area contributed by atoms with Crippen LogP contribution in [-0.2, 0) is 4.79 Å². The number of aryl methyl sites for hydroxylation is 1. The highest BCUT2D eigenvalue weighted by molar-refractivity contribution is 5.81. The van der Waals surface area contributed by atoms with Crippen LogP contribution in [0.2, 0.25) is 0 Å². The first-order valence-electron chi connectivity index (χ1n) is 14.5. The molecule has 1 aliphatic carbocycles. The first-order chi connectivity index (χ1) is 18.1. The molecule has 1 saturated carbocycles. The normalized spacial score (nSPS) is 26.5. The van der Waals surface area contributed by atoms with Gasteiger partial charge in [0.2, 0.25) is 5.91 Å². The Kier molecular flexibility index (Phi) is 7.64. The molecule has 3 aliphatic rings. The summed E-state index contributed by atoms with van der Waals surface area (Å²) < 4.78 is 35.0. The molecule has 8 heteroatoms. The van der Waals surface area contributed by atoms with Gasteiger partial charge >= 0.3 is 6.05 Å². The molecule has 38 heavy (non-hydrogen) atoms. The average molecular weight is 528 g/mol. The summed E-state index contributed by atoms with van der Waals surface area (Å²) in [7, 11) is 0. The van der Waals surface area contributed by atoms with Crippen molar-refractivity contribution in [2.75, 3.05) is 0 Å². The fraction of sp³-hybridized carbons (Fsp3) is 0.700. The Morgan fingerprint density at radius 1 is 1.05 bits per heavy atom. The number of halogens is 2. The van der Waals surface area contributed by atoms with Crippen LogP contribution < -0.4 is 5.73 Å². The molecular weight excluding hydrogens is 484 g/mol. The maximum atomic E-state index is 16.4. The topological polar surface area (TPSA) is 77.0 Å². The van der Waals surface area contributed by atoms with Crippen molar-refractivity contribution in [1.82, 2.24) is 19.7 Å². The lowest BCUT2D eigenvalue weighted by molar-refractivity contribution is -0.191. The van der Waals surface area contributed by atoms with Crippen molar-refractivity contribution >= 4 is 5.91 Å².